The smallest absolute Gasteiger partial charge is 0.203 e. The number of rotatable bonds is 5. The second kappa shape index (κ2) is 7.59. The van der Waals surface area contributed by atoms with Gasteiger partial charge in [-0.1, -0.05) is 54.6 Å². The summed E-state index contributed by atoms with van der Waals surface area (Å²) in [6.07, 6.45) is 1.80. The lowest BCUT2D eigenvalue weighted by Gasteiger charge is -1.98. The Hall–Kier alpha value is -2.83. The molecule has 4 aromatic rings. The van der Waals surface area contributed by atoms with Crippen LogP contribution in [0.15, 0.2) is 71.1 Å². The molecule has 2 aromatic carbocycles. The van der Waals surface area contributed by atoms with Crippen LogP contribution >= 0.6 is 22.9 Å². The molecule has 0 aliphatic carbocycles. The Kier molecular flexibility index (Phi) is 4.86. The maximum Gasteiger partial charge on any atom is 0.203 e. The molecule has 0 unspecified atom stereocenters. The lowest BCUT2D eigenvalue weighted by atomic mass is 10.1. The van der Waals surface area contributed by atoms with Crippen molar-refractivity contribution in [1.29, 1.82) is 0 Å². The van der Waals surface area contributed by atoms with Crippen LogP contribution in [-0.2, 0) is 0 Å². The third-order valence-corrected chi connectivity index (χ3v) is 5.45. The Morgan fingerprint density at radius 3 is 2.54 bits per heavy atom. The fraction of sp³-hybridized carbons (Fsp3) is 0.0500. The van der Waals surface area contributed by atoms with E-state index < -0.39 is 0 Å². The molecule has 0 aliphatic heterocycles. The first-order valence-corrected chi connectivity index (χ1v) is 9.77. The third-order valence-electron chi connectivity index (χ3n) is 3.77. The number of anilines is 1. The fourth-order valence-electron chi connectivity index (χ4n) is 2.46. The second-order valence-electron chi connectivity index (χ2n) is 5.73. The lowest BCUT2D eigenvalue weighted by molar-refractivity contribution is 1.29. The average molecular weight is 377 g/mol. The van der Waals surface area contributed by atoms with Gasteiger partial charge in [0.2, 0.25) is 5.13 Å². The molecule has 0 atom stereocenters. The number of hydrazone groups is 1. The van der Waals surface area contributed by atoms with Crippen LogP contribution in [0.4, 0.5) is 5.13 Å². The molecule has 1 N–H and O–H groups in total. The number of thiazole rings is 1. The Balaban J connectivity index is 1.40. The van der Waals surface area contributed by atoms with Crippen molar-refractivity contribution in [3.05, 3.63) is 77.3 Å². The molecule has 4 rings (SSSR count). The average Bonchev–Trinajstić information content (AvgIpc) is 3.32. The van der Waals surface area contributed by atoms with Crippen molar-refractivity contribution in [2.75, 3.05) is 5.43 Å². The molecule has 6 heteroatoms. The van der Waals surface area contributed by atoms with E-state index in [1.807, 2.05) is 54.8 Å². The van der Waals surface area contributed by atoms with Crippen molar-refractivity contribution >= 4 is 34.2 Å². The van der Waals surface area contributed by atoms with Crippen molar-refractivity contribution < 1.29 is 0 Å². The molecule has 0 bridgehead atoms. The summed E-state index contributed by atoms with van der Waals surface area (Å²) in [5.41, 5.74) is 8.32. The van der Waals surface area contributed by atoms with Crippen LogP contribution in [0.2, 0.25) is 0 Å². The summed E-state index contributed by atoms with van der Waals surface area (Å²) in [7, 11) is 0. The van der Waals surface area contributed by atoms with Gasteiger partial charge < -0.3 is 0 Å². The van der Waals surface area contributed by atoms with Crippen LogP contribution in [0, 0.1) is 6.92 Å². The Labute approximate surface area is 160 Å². The largest absolute Gasteiger partial charge is 0.253 e. The van der Waals surface area contributed by atoms with Gasteiger partial charge in [0.15, 0.2) is 0 Å². The number of hydrogen-bond acceptors (Lipinski definition) is 6. The van der Waals surface area contributed by atoms with Crippen molar-refractivity contribution in [3.63, 3.8) is 0 Å². The number of hydrogen-bond donors (Lipinski definition) is 1. The molecule has 0 spiro atoms. The molecule has 0 radical (unpaired) electrons. The summed E-state index contributed by atoms with van der Waals surface area (Å²) in [6, 6.07) is 20.5. The van der Waals surface area contributed by atoms with Crippen molar-refractivity contribution in [1.82, 2.24) is 9.36 Å². The fourth-order valence-corrected chi connectivity index (χ4v) is 3.89. The SMILES string of the molecule is Cc1cc(-c2ccc(C=NNc3nc(-c4ccccc4)cs3)cc2)sn1. The number of nitrogens with one attached hydrogen (secondary N) is 1. The molecular formula is C20H16N4S2. The van der Waals surface area contributed by atoms with E-state index in [2.05, 4.69) is 38.1 Å². The van der Waals surface area contributed by atoms with E-state index in [0.29, 0.717) is 0 Å². The number of benzene rings is 2. The Morgan fingerprint density at radius 1 is 1.00 bits per heavy atom. The molecule has 0 aliphatic rings. The summed E-state index contributed by atoms with van der Waals surface area (Å²) in [6.45, 7) is 2.01. The van der Waals surface area contributed by atoms with Crippen molar-refractivity contribution in [2.24, 2.45) is 5.10 Å². The van der Waals surface area contributed by atoms with E-state index in [1.54, 1.807) is 17.6 Å². The van der Waals surface area contributed by atoms with Gasteiger partial charge in [-0.3, -0.25) is 5.43 Å². The number of aromatic nitrogens is 2. The summed E-state index contributed by atoms with van der Waals surface area (Å²) < 4.78 is 4.32. The molecule has 26 heavy (non-hydrogen) atoms. The second-order valence-corrected chi connectivity index (χ2v) is 7.39. The van der Waals surface area contributed by atoms with Crippen LogP contribution < -0.4 is 5.43 Å². The number of aryl methyl sites for hydroxylation is 1. The minimum atomic E-state index is 0.775. The van der Waals surface area contributed by atoms with Crippen LogP contribution in [-0.4, -0.2) is 15.6 Å². The molecule has 0 saturated heterocycles. The topological polar surface area (TPSA) is 50.2 Å². The first kappa shape index (κ1) is 16.6. The van der Waals surface area contributed by atoms with Gasteiger partial charge in [-0.05, 0) is 35.6 Å². The van der Waals surface area contributed by atoms with E-state index in [-0.39, 0.29) is 0 Å². The van der Waals surface area contributed by atoms with Crippen molar-refractivity contribution in [2.45, 2.75) is 6.92 Å². The molecule has 2 aromatic heterocycles. The van der Waals surface area contributed by atoms with E-state index >= 15 is 0 Å². The molecule has 2 heterocycles. The molecule has 4 nitrogen and oxygen atoms in total. The number of nitrogens with zero attached hydrogens (tertiary/aromatic N) is 3. The minimum Gasteiger partial charge on any atom is -0.253 e. The maximum absolute atomic E-state index is 4.56. The van der Waals surface area contributed by atoms with Gasteiger partial charge in [-0.15, -0.1) is 11.3 Å². The Bertz CT molecular complexity index is 1020. The predicted molar refractivity (Wildman–Crippen MR) is 111 cm³/mol. The summed E-state index contributed by atoms with van der Waals surface area (Å²) >= 11 is 3.06. The van der Waals surface area contributed by atoms with Gasteiger partial charge in [0, 0.05) is 10.9 Å². The van der Waals surface area contributed by atoms with Crippen LogP contribution in [0.25, 0.3) is 21.7 Å². The van der Waals surface area contributed by atoms with Gasteiger partial charge in [0.1, 0.15) is 0 Å². The highest BCUT2D eigenvalue weighted by Gasteiger charge is 2.03. The predicted octanol–water partition coefficient (Wildman–Crippen LogP) is 5.69. The third kappa shape index (κ3) is 3.87. The monoisotopic (exact) mass is 376 g/mol. The molecule has 0 saturated carbocycles. The van der Waals surface area contributed by atoms with Gasteiger partial charge in [0.05, 0.1) is 22.5 Å². The first-order valence-electron chi connectivity index (χ1n) is 8.12. The standard InChI is InChI=1S/C20H16N4S2/c1-14-11-19(26-24-14)17-9-7-15(8-10-17)12-21-23-20-22-18(13-25-20)16-5-3-2-4-6-16/h2-13H,1H3,(H,22,23). The highest BCUT2D eigenvalue weighted by Crippen LogP contribution is 2.25. The van der Waals surface area contributed by atoms with E-state index in [4.69, 9.17) is 0 Å². The van der Waals surface area contributed by atoms with E-state index in [0.717, 1.165) is 27.6 Å². The quantitative estimate of drug-likeness (QED) is 0.360. The first-order chi connectivity index (χ1) is 12.8. The van der Waals surface area contributed by atoms with E-state index in [9.17, 15) is 0 Å². The zero-order valence-corrected chi connectivity index (χ0v) is 15.7. The van der Waals surface area contributed by atoms with E-state index in [1.165, 1.54) is 22.0 Å². The van der Waals surface area contributed by atoms with Crippen LogP contribution in [0.1, 0.15) is 11.3 Å². The highest BCUT2D eigenvalue weighted by atomic mass is 32.1. The van der Waals surface area contributed by atoms with Crippen LogP contribution in [0.5, 0.6) is 0 Å². The van der Waals surface area contributed by atoms with Gasteiger partial charge in [0.25, 0.3) is 0 Å². The van der Waals surface area contributed by atoms with Gasteiger partial charge in [-0.2, -0.15) is 9.47 Å². The maximum atomic E-state index is 4.56. The minimum absolute atomic E-state index is 0.775. The lowest BCUT2D eigenvalue weighted by Crippen LogP contribution is -1.90. The zero-order chi connectivity index (χ0) is 17.8. The molecule has 0 amide bonds. The van der Waals surface area contributed by atoms with Crippen molar-refractivity contribution in [3.8, 4) is 21.7 Å². The normalized spacial score (nSPS) is 11.1. The summed E-state index contributed by atoms with van der Waals surface area (Å²) in [4.78, 5) is 5.74. The van der Waals surface area contributed by atoms with Crippen LogP contribution in [0.3, 0.4) is 0 Å². The molecule has 128 valence electrons. The summed E-state index contributed by atoms with van der Waals surface area (Å²) in [5.74, 6) is 0. The Morgan fingerprint density at radius 2 is 1.81 bits per heavy atom. The highest BCUT2D eigenvalue weighted by molar-refractivity contribution is 7.14. The molecular weight excluding hydrogens is 360 g/mol. The zero-order valence-electron chi connectivity index (χ0n) is 14.1. The molecule has 0 fully saturated rings. The van der Waals surface area contributed by atoms with Gasteiger partial charge in [-0.25, -0.2) is 4.98 Å². The van der Waals surface area contributed by atoms with Gasteiger partial charge >= 0.3 is 0 Å². The summed E-state index contributed by atoms with van der Waals surface area (Å²) in [5, 5.41) is 7.09.